The van der Waals surface area contributed by atoms with Crippen molar-refractivity contribution < 1.29 is 9.90 Å². The van der Waals surface area contributed by atoms with Gasteiger partial charge in [-0.15, -0.1) is 0 Å². The van der Waals surface area contributed by atoms with Gasteiger partial charge < -0.3 is 10.4 Å². The van der Waals surface area contributed by atoms with Crippen LogP contribution in [-0.4, -0.2) is 31.9 Å². The standard InChI is InChI=1S/C13H16N4O3/c1-16-9-15-17(13(16)20)8-12(19)14-7-11(18)10-5-3-2-4-6-10/h2-6,9,11,18H,7-8H2,1H3,(H,14,19). The zero-order chi connectivity index (χ0) is 14.5. The normalized spacial score (nSPS) is 12.1. The van der Waals surface area contributed by atoms with Crippen molar-refractivity contribution >= 4 is 5.91 Å². The first-order valence-corrected chi connectivity index (χ1v) is 6.16. The molecule has 0 spiro atoms. The number of benzene rings is 1. The summed E-state index contributed by atoms with van der Waals surface area (Å²) in [7, 11) is 1.56. The summed E-state index contributed by atoms with van der Waals surface area (Å²) in [5.41, 5.74) is 0.367. The van der Waals surface area contributed by atoms with Gasteiger partial charge >= 0.3 is 5.69 Å². The van der Waals surface area contributed by atoms with Gasteiger partial charge in [0.25, 0.3) is 0 Å². The minimum atomic E-state index is -0.777. The fraction of sp³-hybridized carbons (Fsp3) is 0.308. The Morgan fingerprint density at radius 3 is 2.70 bits per heavy atom. The number of aliphatic hydroxyl groups is 1. The molecule has 1 amide bonds. The number of aliphatic hydroxyl groups excluding tert-OH is 1. The molecule has 2 rings (SSSR count). The Morgan fingerprint density at radius 1 is 1.40 bits per heavy atom. The third-order valence-corrected chi connectivity index (χ3v) is 2.86. The second-order valence-electron chi connectivity index (χ2n) is 4.41. The molecule has 7 heteroatoms. The summed E-state index contributed by atoms with van der Waals surface area (Å²) in [5.74, 6) is -0.374. The van der Waals surface area contributed by atoms with Crippen molar-refractivity contribution in [3.63, 3.8) is 0 Å². The summed E-state index contributed by atoms with van der Waals surface area (Å²) in [4.78, 5) is 23.2. The number of amides is 1. The SMILES string of the molecule is Cn1cnn(CC(=O)NCC(O)c2ccccc2)c1=O. The van der Waals surface area contributed by atoms with Crippen LogP contribution in [0.1, 0.15) is 11.7 Å². The van der Waals surface area contributed by atoms with Crippen LogP contribution >= 0.6 is 0 Å². The molecule has 1 aromatic carbocycles. The lowest BCUT2D eigenvalue weighted by atomic mass is 10.1. The molecule has 1 heterocycles. The van der Waals surface area contributed by atoms with Crippen LogP contribution in [0.15, 0.2) is 41.5 Å². The molecule has 0 saturated carbocycles. The Morgan fingerprint density at radius 2 is 2.10 bits per heavy atom. The number of nitrogens with zero attached hydrogens (tertiary/aromatic N) is 3. The molecule has 0 radical (unpaired) electrons. The van der Waals surface area contributed by atoms with Crippen molar-refractivity contribution in [2.24, 2.45) is 7.05 Å². The maximum Gasteiger partial charge on any atom is 0.345 e. The van der Waals surface area contributed by atoms with Crippen LogP contribution in [0.25, 0.3) is 0 Å². The van der Waals surface area contributed by atoms with E-state index in [0.717, 1.165) is 10.2 Å². The van der Waals surface area contributed by atoms with Gasteiger partial charge in [-0.25, -0.2) is 9.48 Å². The molecule has 1 unspecified atom stereocenters. The van der Waals surface area contributed by atoms with E-state index in [1.807, 2.05) is 18.2 Å². The van der Waals surface area contributed by atoms with E-state index in [1.165, 1.54) is 10.9 Å². The lowest BCUT2D eigenvalue weighted by molar-refractivity contribution is -0.122. The minimum Gasteiger partial charge on any atom is -0.387 e. The van der Waals surface area contributed by atoms with Crippen molar-refractivity contribution in [2.45, 2.75) is 12.6 Å². The molecule has 20 heavy (non-hydrogen) atoms. The second-order valence-corrected chi connectivity index (χ2v) is 4.41. The Balaban J connectivity index is 1.87. The monoisotopic (exact) mass is 276 g/mol. The van der Waals surface area contributed by atoms with Gasteiger partial charge in [-0.3, -0.25) is 9.36 Å². The summed E-state index contributed by atoms with van der Waals surface area (Å²) in [6.45, 7) is -0.0778. The van der Waals surface area contributed by atoms with Crippen molar-refractivity contribution in [1.82, 2.24) is 19.7 Å². The first-order chi connectivity index (χ1) is 9.58. The quantitative estimate of drug-likeness (QED) is 0.765. The first-order valence-electron chi connectivity index (χ1n) is 6.16. The predicted octanol–water partition coefficient (Wildman–Crippen LogP) is -0.568. The molecule has 1 aromatic heterocycles. The molecule has 1 atom stereocenters. The van der Waals surface area contributed by atoms with Crippen LogP contribution < -0.4 is 11.0 Å². The molecule has 0 fully saturated rings. The Bertz CT molecular complexity index is 633. The van der Waals surface area contributed by atoms with E-state index in [2.05, 4.69) is 10.4 Å². The van der Waals surface area contributed by atoms with Crippen LogP contribution in [0.5, 0.6) is 0 Å². The highest BCUT2D eigenvalue weighted by Gasteiger charge is 2.11. The van der Waals surface area contributed by atoms with E-state index in [0.29, 0.717) is 0 Å². The maximum absolute atomic E-state index is 11.7. The van der Waals surface area contributed by atoms with Gasteiger partial charge in [0.05, 0.1) is 6.10 Å². The molecular weight excluding hydrogens is 260 g/mol. The highest BCUT2D eigenvalue weighted by Crippen LogP contribution is 2.10. The van der Waals surface area contributed by atoms with Crippen molar-refractivity contribution in [1.29, 1.82) is 0 Å². The average molecular weight is 276 g/mol. The number of hydrogen-bond acceptors (Lipinski definition) is 4. The number of rotatable bonds is 5. The number of hydrogen-bond donors (Lipinski definition) is 2. The van der Waals surface area contributed by atoms with E-state index in [9.17, 15) is 14.7 Å². The Hall–Kier alpha value is -2.41. The molecule has 2 aromatic rings. The maximum atomic E-state index is 11.7. The van der Waals surface area contributed by atoms with E-state index in [1.54, 1.807) is 19.2 Å². The number of nitrogens with one attached hydrogen (secondary N) is 1. The number of carbonyl (C=O) groups is 1. The van der Waals surface area contributed by atoms with Crippen molar-refractivity contribution in [3.05, 3.63) is 52.7 Å². The number of aryl methyl sites for hydroxylation is 1. The molecule has 0 aliphatic heterocycles. The molecule has 0 aliphatic carbocycles. The largest absolute Gasteiger partial charge is 0.387 e. The van der Waals surface area contributed by atoms with Gasteiger partial charge in [-0.05, 0) is 5.56 Å². The van der Waals surface area contributed by atoms with Crippen LogP contribution in [0, 0.1) is 0 Å². The van der Waals surface area contributed by atoms with Gasteiger partial charge in [-0.1, -0.05) is 30.3 Å². The molecule has 0 saturated heterocycles. The van der Waals surface area contributed by atoms with Crippen molar-refractivity contribution in [2.75, 3.05) is 6.54 Å². The lowest BCUT2D eigenvalue weighted by Gasteiger charge is -2.11. The first kappa shape index (κ1) is 14.0. The highest BCUT2D eigenvalue weighted by molar-refractivity contribution is 5.75. The van der Waals surface area contributed by atoms with E-state index < -0.39 is 6.10 Å². The van der Waals surface area contributed by atoms with Crippen molar-refractivity contribution in [3.8, 4) is 0 Å². The third-order valence-electron chi connectivity index (χ3n) is 2.86. The topological polar surface area (TPSA) is 89.2 Å². The molecule has 7 nitrogen and oxygen atoms in total. The van der Waals surface area contributed by atoms with Crippen LogP contribution in [0.2, 0.25) is 0 Å². The van der Waals surface area contributed by atoms with Crippen LogP contribution in [-0.2, 0) is 18.4 Å². The molecule has 0 aliphatic rings. The Kier molecular flexibility index (Phi) is 4.31. The van der Waals surface area contributed by atoms with E-state index in [-0.39, 0.29) is 24.7 Å². The lowest BCUT2D eigenvalue weighted by Crippen LogP contribution is -2.35. The third kappa shape index (κ3) is 3.33. The summed E-state index contributed by atoms with van der Waals surface area (Å²) in [5, 5.41) is 16.2. The van der Waals surface area contributed by atoms with Crippen LogP contribution in [0.3, 0.4) is 0 Å². The molecule has 106 valence electrons. The second kappa shape index (κ2) is 6.16. The fourth-order valence-corrected chi connectivity index (χ4v) is 1.72. The molecular formula is C13H16N4O3. The molecule has 0 bridgehead atoms. The average Bonchev–Trinajstić information content (AvgIpc) is 2.78. The van der Waals surface area contributed by atoms with Crippen LogP contribution in [0.4, 0.5) is 0 Å². The summed E-state index contributed by atoms with van der Waals surface area (Å²) in [6, 6.07) is 9.03. The minimum absolute atomic E-state index is 0.0877. The smallest absolute Gasteiger partial charge is 0.345 e. The number of carbonyl (C=O) groups excluding carboxylic acids is 1. The zero-order valence-corrected chi connectivity index (χ0v) is 11.1. The van der Waals surface area contributed by atoms with Gasteiger partial charge in [0.2, 0.25) is 5.91 Å². The number of aromatic nitrogens is 3. The predicted molar refractivity (Wildman–Crippen MR) is 71.9 cm³/mol. The van der Waals surface area contributed by atoms with E-state index >= 15 is 0 Å². The summed E-state index contributed by atoms with van der Waals surface area (Å²) < 4.78 is 2.34. The molecule has 2 N–H and O–H groups in total. The van der Waals surface area contributed by atoms with Gasteiger partial charge in [0, 0.05) is 13.6 Å². The summed E-state index contributed by atoms with van der Waals surface area (Å²) in [6.07, 6.45) is 0.564. The summed E-state index contributed by atoms with van der Waals surface area (Å²) >= 11 is 0. The fourth-order valence-electron chi connectivity index (χ4n) is 1.72. The zero-order valence-electron chi connectivity index (χ0n) is 11.1. The van der Waals surface area contributed by atoms with E-state index in [4.69, 9.17) is 0 Å². The Labute approximate surface area is 115 Å². The van der Waals surface area contributed by atoms with Gasteiger partial charge in [-0.2, -0.15) is 5.10 Å². The van der Waals surface area contributed by atoms with Gasteiger partial charge in [0.1, 0.15) is 12.9 Å². The van der Waals surface area contributed by atoms with Gasteiger partial charge in [0.15, 0.2) is 0 Å². The highest BCUT2D eigenvalue weighted by atomic mass is 16.3.